The molecule has 2 aromatic rings. The monoisotopic (exact) mass is 685 g/mol. The molecule has 1 saturated heterocycles. The number of benzene rings is 2. The van der Waals surface area contributed by atoms with Crippen LogP contribution in [0, 0.1) is 5.92 Å². The number of rotatable bonds is 5. The Labute approximate surface area is 257 Å². The fourth-order valence-corrected chi connectivity index (χ4v) is 9.61. The highest BCUT2D eigenvalue weighted by molar-refractivity contribution is 7.92. The minimum Gasteiger partial charge on any atom is -0.481 e. The van der Waals surface area contributed by atoms with Gasteiger partial charge in [0.25, 0.3) is 5.91 Å². The number of aliphatic hydroxyl groups is 1. The average Bonchev–Trinajstić information content (AvgIpc) is 3.37. The second kappa shape index (κ2) is 10.8. The van der Waals surface area contributed by atoms with Gasteiger partial charge in [-0.15, -0.1) is 0 Å². The highest BCUT2D eigenvalue weighted by atomic mass is 35.5. The van der Waals surface area contributed by atoms with Gasteiger partial charge in [0.05, 0.1) is 16.9 Å². The molecule has 0 radical (unpaired) electrons. The second-order valence-corrected chi connectivity index (χ2v) is 14.5. The van der Waals surface area contributed by atoms with Crippen molar-refractivity contribution in [2.75, 3.05) is 6.54 Å². The van der Waals surface area contributed by atoms with Gasteiger partial charge in [0.15, 0.2) is 9.84 Å². The van der Waals surface area contributed by atoms with E-state index < -0.39 is 67.6 Å². The van der Waals surface area contributed by atoms with Crippen molar-refractivity contribution in [3.8, 4) is 0 Å². The molecule has 7 nitrogen and oxygen atoms in total. The van der Waals surface area contributed by atoms with E-state index in [1.807, 2.05) is 0 Å². The first-order chi connectivity index (χ1) is 20.7. The third kappa shape index (κ3) is 5.00. The van der Waals surface area contributed by atoms with Gasteiger partial charge < -0.3 is 15.1 Å². The Kier molecular flexibility index (Phi) is 8.05. The summed E-state index contributed by atoms with van der Waals surface area (Å²) in [6.07, 6.45) is -14.1. The molecule has 1 saturated carbocycles. The van der Waals surface area contributed by atoms with E-state index in [9.17, 15) is 54.6 Å². The smallest absolute Gasteiger partial charge is 0.435 e. The van der Waals surface area contributed by atoms with Gasteiger partial charge in [-0.1, -0.05) is 29.8 Å². The molecule has 2 aliphatic carbocycles. The van der Waals surface area contributed by atoms with Crippen molar-refractivity contribution in [1.82, 2.24) is 4.90 Å². The number of hydrogen-bond donors (Lipinski definition) is 2. The zero-order valence-corrected chi connectivity index (χ0v) is 24.8. The fourth-order valence-electron chi connectivity index (χ4n) is 7.12. The van der Waals surface area contributed by atoms with Crippen LogP contribution in [-0.4, -0.2) is 65.9 Å². The van der Waals surface area contributed by atoms with Crippen molar-refractivity contribution in [2.24, 2.45) is 5.92 Å². The number of nitrogens with zero attached hydrogens (tertiary/aromatic N) is 1. The number of carbonyl (C=O) groups excluding carboxylic acids is 1. The summed E-state index contributed by atoms with van der Waals surface area (Å²) in [7, 11) is -4.58. The van der Waals surface area contributed by atoms with Crippen LogP contribution in [0.15, 0.2) is 47.4 Å². The van der Waals surface area contributed by atoms with Crippen LogP contribution in [0.2, 0.25) is 5.02 Å². The number of alkyl halides is 7. The predicted octanol–water partition coefficient (Wildman–Crippen LogP) is 5.85. The number of likely N-dealkylation sites (tertiary alicyclic amines) is 1. The van der Waals surface area contributed by atoms with Gasteiger partial charge in [0, 0.05) is 17.1 Å². The summed E-state index contributed by atoms with van der Waals surface area (Å²) in [5.74, 6) is -2.72. The van der Waals surface area contributed by atoms with E-state index in [-0.39, 0.29) is 78.6 Å². The fraction of sp³-hybridized carbons (Fsp3) is 0.517. The van der Waals surface area contributed by atoms with Crippen LogP contribution in [-0.2, 0) is 36.3 Å². The zero-order valence-electron chi connectivity index (χ0n) is 23.3. The summed E-state index contributed by atoms with van der Waals surface area (Å²) in [6, 6.07) is 5.09. The van der Waals surface area contributed by atoms with E-state index in [1.54, 1.807) is 0 Å². The number of carboxylic acid groups (broad SMARTS) is 1. The maximum Gasteiger partial charge on any atom is 0.435 e. The number of aliphatic carboxylic acids is 1. The molecule has 1 amide bonds. The number of amides is 1. The average molecular weight is 686 g/mol. The summed E-state index contributed by atoms with van der Waals surface area (Å²) in [5.41, 5.74) is -9.94. The molecule has 2 atom stereocenters. The molecule has 246 valence electrons. The number of sulfone groups is 1. The number of carboxylic acids is 1. The quantitative estimate of drug-likeness (QED) is 0.382. The standard InChI is InChI=1S/C29H27ClF7NO6S/c30-19-3-5-20(6-4-19)45(43,44)26-13-14-38(24(41)25(42)11-9-16(10-12-25)23(39)40)22(26)8-1-17-15-18(2-7-21(17)26)27(31,28(32,33)34)29(35,36)37/h2-7,15-16,22,42H,1,8-14H2,(H,39,40)/t16-,22?,25+,26?. The van der Waals surface area contributed by atoms with E-state index >= 15 is 4.39 Å². The lowest BCUT2D eigenvalue weighted by molar-refractivity contribution is -0.348. The molecule has 0 bridgehead atoms. The highest BCUT2D eigenvalue weighted by Crippen LogP contribution is 2.57. The van der Waals surface area contributed by atoms with E-state index in [4.69, 9.17) is 11.6 Å². The number of fused-ring (bicyclic) bond motifs is 3. The molecular weight excluding hydrogens is 659 g/mol. The van der Waals surface area contributed by atoms with Crippen molar-refractivity contribution in [3.63, 3.8) is 0 Å². The molecule has 16 heteroatoms. The summed E-state index contributed by atoms with van der Waals surface area (Å²) < 4.78 is 123. The molecule has 2 N–H and O–H groups in total. The Hall–Kier alpha value is -2.91. The maximum absolute atomic E-state index is 15.0. The molecule has 2 unspecified atom stereocenters. The topological polar surface area (TPSA) is 112 Å². The van der Waals surface area contributed by atoms with Gasteiger partial charge >= 0.3 is 24.0 Å². The van der Waals surface area contributed by atoms with Crippen LogP contribution in [0.5, 0.6) is 0 Å². The van der Waals surface area contributed by atoms with Crippen molar-refractivity contribution in [3.05, 3.63) is 64.2 Å². The molecule has 2 aromatic carbocycles. The molecule has 0 aromatic heterocycles. The Balaban J connectivity index is 1.64. The summed E-state index contributed by atoms with van der Waals surface area (Å²) in [4.78, 5) is 26.1. The van der Waals surface area contributed by atoms with Crippen molar-refractivity contribution >= 4 is 33.3 Å². The lowest BCUT2D eigenvalue weighted by atomic mass is 9.75. The largest absolute Gasteiger partial charge is 0.481 e. The summed E-state index contributed by atoms with van der Waals surface area (Å²) in [6.45, 7) is -0.250. The lowest BCUT2D eigenvalue weighted by Gasteiger charge is -2.45. The van der Waals surface area contributed by atoms with E-state index in [0.717, 1.165) is 11.0 Å². The SMILES string of the molecule is O=C(O)[C@H]1CC[C@](O)(C(=O)N2CCC3(S(=O)(=O)c4ccc(Cl)cc4)c4ccc(C(F)(C(F)(F)F)C(F)(F)F)cc4CCC23)CC1. The molecular formula is C29H27ClF7NO6S. The van der Waals surface area contributed by atoms with Crippen molar-refractivity contribution in [1.29, 1.82) is 0 Å². The first-order valence-electron chi connectivity index (χ1n) is 13.9. The van der Waals surface area contributed by atoms with Gasteiger partial charge in [-0.05, 0) is 80.3 Å². The van der Waals surface area contributed by atoms with Crippen LogP contribution in [0.1, 0.15) is 55.2 Å². The Morgan fingerprint density at radius 1 is 0.889 bits per heavy atom. The molecule has 2 fully saturated rings. The molecule has 5 rings (SSSR count). The van der Waals surface area contributed by atoms with Gasteiger partial charge in [-0.3, -0.25) is 9.59 Å². The zero-order chi connectivity index (χ0) is 33.4. The normalized spacial score (nSPS) is 27.5. The minimum absolute atomic E-state index is 0.0146. The van der Waals surface area contributed by atoms with Crippen LogP contribution in [0.4, 0.5) is 30.7 Å². The molecule has 1 heterocycles. The van der Waals surface area contributed by atoms with Crippen LogP contribution in [0.3, 0.4) is 0 Å². The first-order valence-corrected chi connectivity index (χ1v) is 15.8. The van der Waals surface area contributed by atoms with Gasteiger partial charge in [0.2, 0.25) is 0 Å². The molecule has 3 aliphatic rings. The Bertz CT molecular complexity index is 1610. The van der Waals surface area contributed by atoms with E-state index in [2.05, 4.69) is 0 Å². The Morgan fingerprint density at radius 3 is 2.00 bits per heavy atom. The van der Waals surface area contributed by atoms with Gasteiger partial charge in [-0.2, -0.15) is 26.3 Å². The molecule has 45 heavy (non-hydrogen) atoms. The van der Waals surface area contributed by atoms with E-state index in [0.29, 0.717) is 6.07 Å². The van der Waals surface area contributed by atoms with Crippen molar-refractivity contribution < 1.29 is 59.0 Å². The second-order valence-electron chi connectivity index (χ2n) is 11.8. The number of aryl methyl sites for hydroxylation is 1. The van der Waals surface area contributed by atoms with Crippen LogP contribution >= 0.6 is 11.6 Å². The van der Waals surface area contributed by atoms with Crippen LogP contribution in [0.25, 0.3) is 0 Å². The summed E-state index contributed by atoms with van der Waals surface area (Å²) >= 11 is 5.94. The molecule has 1 aliphatic heterocycles. The third-order valence-corrected chi connectivity index (χ3v) is 12.3. The minimum atomic E-state index is -6.38. The third-order valence-electron chi connectivity index (χ3n) is 9.49. The molecule has 0 spiro atoms. The lowest BCUT2D eigenvalue weighted by Crippen LogP contribution is -2.57. The highest BCUT2D eigenvalue weighted by Gasteiger charge is 2.74. The predicted molar refractivity (Wildman–Crippen MR) is 145 cm³/mol. The first kappa shape index (κ1) is 33.5. The van der Waals surface area contributed by atoms with Crippen molar-refractivity contribution in [2.45, 2.75) is 84.3 Å². The van der Waals surface area contributed by atoms with E-state index in [1.165, 1.54) is 24.3 Å². The van der Waals surface area contributed by atoms with Gasteiger partial charge in [-0.25, -0.2) is 12.8 Å². The Morgan fingerprint density at radius 2 is 1.47 bits per heavy atom. The number of carbonyl (C=O) groups is 2. The number of halogens is 8. The summed E-state index contributed by atoms with van der Waals surface area (Å²) in [5, 5.41) is 20.8. The van der Waals surface area contributed by atoms with Gasteiger partial charge in [0.1, 0.15) is 10.3 Å². The van der Waals surface area contributed by atoms with Crippen LogP contribution < -0.4 is 0 Å². The number of hydrogen-bond acceptors (Lipinski definition) is 5. The maximum atomic E-state index is 15.0.